The van der Waals surface area contributed by atoms with Crippen molar-refractivity contribution in [3.05, 3.63) is 84.2 Å². The predicted molar refractivity (Wildman–Crippen MR) is 113 cm³/mol. The molecule has 3 aromatic rings. The third-order valence-electron chi connectivity index (χ3n) is 5.50. The molecule has 0 bridgehead atoms. The van der Waals surface area contributed by atoms with Gasteiger partial charge in [0.05, 0.1) is 10.9 Å². The van der Waals surface area contributed by atoms with E-state index in [0.29, 0.717) is 0 Å². The van der Waals surface area contributed by atoms with E-state index in [0.717, 1.165) is 40.4 Å². The molecule has 1 fully saturated rings. The third kappa shape index (κ3) is 4.67. The first-order valence-corrected chi connectivity index (χ1v) is 11.4. The first-order chi connectivity index (χ1) is 14.4. The molecule has 1 aliphatic rings. The lowest BCUT2D eigenvalue weighted by Crippen LogP contribution is -2.34. The Bertz CT molecular complexity index is 950. The molecule has 0 atom stereocenters. The fourth-order valence-electron chi connectivity index (χ4n) is 3.91. The SMILES string of the molecule is CC1(Oc2cc([S+](c3ccc(F)cc3)c3ccc(F)cc3)ccc2F)CCCCC1. The Kier molecular flexibility index (Phi) is 6.09. The molecule has 0 radical (unpaired) electrons. The number of benzene rings is 3. The van der Waals surface area contributed by atoms with Crippen LogP contribution in [0.1, 0.15) is 39.0 Å². The molecule has 0 heterocycles. The van der Waals surface area contributed by atoms with Crippen LogP contribution in [0.15, 0.2) is 81.4 Å². The van der Waals surface area contributed by atoms with E-state index in [1.165, 1.54) is 36.8 Å². The summed E-state index contributed by atoms with van der Waals surface area (Å²) < 4.78 is 47.9. The molecule has 156 valence electrons. The highest BCUT2D eigenvalue weighted by molar-refractivity contribution is 7.97. The topological polar surface area (TPSA) is 9.23 Å². The maximum atomic E-state index is 14.6. The van der Waals surface area contributed by atoms with Crippen LogP contribution in [-0.2, 0) is 10.9 Å². The zero-order valence-electron chi connectivity index (χ0n) is 16.8. The number of halogens is 3. The van der Waals surface area contributed by atoms with Crippen LogP contribution in [0.25, 0.3) is 0 Å². The van der Waals surface area contributed by atoms with E-state index in [1.54, 1.807) is 36.4 Å². The molecule has 0 unspecified atom stereocenters. The Hall–Kier alpha value is -2.40. The lowest BCUT2D eigenvalue weighted by molar-refractivity contribution is 0.0445. The van der Waals surface area contributed by atoms with E-state index < -0.39 is 16.7 Å². The summed E-state index contributed by atoms with van der Waals surface area (Å²) in [6.07, 6.45) is 5.14. The standard InChI is InChI=1S/C25H24F3OS/c1-25(15-3-2-4-16-25)29-24-17-22(13-14-23(24)28)30(20-9-5-18(26)6-10-20)21-11-7-19(27)8-12-21/h5-14,17H,2-4,15-16H2,1H3/q+1. The van der Waals surface area contributed by atoms with Gasteiger partial charge in [0.2, 0.25) is 0 Å². The summed E-state index contributed by atoms with van der Waals surface area (Å²) >= 11 is 0. The van der Waals surface area contributed by atoms with Gasteiger partial charge in [-0.25, -0.2) is 13.2 Å². The molecule has 0 saturated heterocycles. The summed E-state index contributed by atoms with van der Waals surface area (Å²) in [5, 5.41) is 0. The maximum absolute atomic E-state index is 14.6. The summed E-state index contributed by atoms with van der Waals surface area (Å²) in [6, 6.07) is 17.4. The van der Waals surface area contributed by atoms with Gasteiger partial charge < -0.3 is 4.74 Å². The zero-order valence-corrected chi connectivity index (χ0v) is 17.7. The van der Waals surface area contributed by atoms with Gasteiger partial charge in [0.1, 0.15) is 17.2 Å². The first kappa shape index (κ1) is 20.9. The van der Waals surface area contributed by atoms with Crippen LogP contribution in [0.2, 0.25) is 0 Å². The van der Waals surface area contributed by atoms with Crippen LogP contribution in [-0.4, -0.2) is 5.60 Å². The highest BCUT2D eigenvalue weighted by Gasteiger charge is 2.33. The molecule has 0 aromatic heterocycles. The molecular formula is C25H24F3OS+. The van der Waals surface area contributed by atoms with E-state index >= 15 is 0 Å². The molecule has 0 amide bonds. The van der Waals surface area contributed by atoms with Crippen molar-refractivity contribution < 1.29 is 17.9 Å². The monoisotopic (exact) mass is 429 g/mol. The van der Waals surface area contributed by atoms with Crippen molar-refractivity contribution in [2.24, 2.45) is 0 Å². The third-order valence-corrected chi connectivity index (χ3v) is 7.72. The van der Waals surface area contributed by atoms with Crippen molar-refractivity contribution in [3.63, 3.8) is 0 Å². The number of hydrogen-bond acceptors (Lipinski definition) is 1. The summed E-state index contributed by atoms with van der Waals surface area (Å²) in [4.78, 5) is 2.57. The second-order valence-corrected chi connectivity index (χ2v) is 9.95. The van der Waals surface area contributed by atoms with Crippen molar-refractivity contribution in [1.82, 2.24) is 0 Å². The summed E-state index contributed by atoms with van der Waals surface area (Å²) in [7, 11) is -0.650. The zero-order chi connectivity index (χ0) is 21.1. The first-order valence-electron chi connectivity index (χ1n) is 10.2. The minimum Gasteiger partial charge on any atom is -0.484 e. The highest BCUT2D eigenvalue weighted by Crippen LogP contribution is 2.37. The summed E-state index contributed by atoms with van der Waals surface area (Å²) in [6.45, 7) is 2.04. The van der Waals surface area contributed by atoms with Crippen molar-refractivity contribution in [2.45, 2.75) is 59.3 Å². The molecule has 5 heteroatoms. The minimum atomic E-state index is -0.650. The molecule has 3 aromatic carbocycles. The van der Waals surface area contributed by atoms with E-state index in [9.17, 15) is 13.2 Å². The van der Waals surface area contributed by atoms with Gasteiger partial charge in [-0.3, -0.25) is 0 Å². The number of rotatable bonds is 5. The van der Waals surface area contributed by atoms with E-state index in [-0.39, 0.29) is 23.0 Å². The summed E-state index contributed by atoms with van der Waals surface area (Å²) in [5.74, 6) is -0.810. The molecule has 0 aliphatic heterocycles. The molecular weight excluding hydrogens is 405 g/mol. The minimum absolute atomic E-state index is 0.235. The van der Waals surface area contributed by atoms with Crippen molar-refractivity contribution >= 4 is 10.9 Å². The smallest absolute Gasteiger partial charge is 0.170 e. The largest absolute Gasteiger partial charge is 0.484 e. The van der Waals surface area contributed by atoms with Gasteiger partial charge >= 0.3 is 0 Å². The second kappa shape index (κ2) is 8.76. The van der Waals surface area contributed by atoms with Crippen molar-refractivity contribution in [2.75, 3.05) is 0 Å². The van der Waals surface area contributed by atoms with Gasteiger partial charge in [-0.15, -0.1) is 0 Å². The maximum Gasteiger partial charge on any atom is 0.170 e. The Morgan fingerprint density at radius 2 is 1.20 bits per heavy atom. The predicted octanol–water partition coefficient (Wildman–Crippen LogP) is 7.30. The quantitative estimate of drug-likeness (QED) is 0.387. The van der Waals surface area contributed by atoms with Crippen LogP contribution in [0.3, 0.4) is 0 Å². The van der Waals surface area contributed by atoms with Gasteiger partial charge in [-0.05, 0) is 93.3 Å². The molecule has 1 aliphatic carbocycles. The molecule has 30 heavy (non-hydrogen) atoms. The van der Waals surface area contributed by atoms with Crippen molar-refractivity contribution in [1.29, 1.82) is 0 Å². The van der Waals surface area contributed by atoms with Gasteiger partial charge in [0.15, 0.2) is 26.3 Å². The fourth-order valence-corrected chi connectivity index (χ4v) is 5.97. The van der Waals surface area contributed by atoms with Crippen molar-refractivity contribution in [3.8, 4) is 5.75 Å². The van der Waals surface area contributed by atoms with Gasteiger partial charge in [0, 0.05) is 6.07 Å². The normalized spacial score (nSPS) is 15.9. The van der Waals surface area contributed by atoms with Gasteiger partial charge in [0.25, 0.3) is 0 Å². The number of ether oxygens (including phenoxy) is 1. The Morgan fingerprint density at radius 1 is 0.700 bits per heavy atom. The molecule has 1 nitrogen and oxygen atoms in total. The van der Waals surface area contributed by atoms with Crippen LogP contribution in [0.4, 0.5) is 13.2 Å². The highest BCUT2D eigenvalue weighted by atomic mass is 32.2. The Labute approximate surface area is 178 Å². The lowest BCUT2D eigenvalue weighted by atomic mass is 9.86. The van der Waals surface area contributed by atoms with Gasteiger partial charge in [-0.1, -0.05) is 6.42 Å². The van der Waals surface area contributed by atoms with Crippen LogP contribution >= 0.6 is 0 Å². The lowest BCUT2D eigenvalue weighted by Gasteiger charge is -2.34. The van der Waals surface area contributed by atoms with Crippen LogP contribution in [0.5, 0.6) is 5.75 Å². The van der Waals surface area contributed by atoms with E-state index in [1.807, 2.05) is 6.92 Å². The average molecular weight is 430 g/mol. The average Bonchev–Trinajstić information content (AvgIpc) is 2.73. The van der Waals surface area contributed by atoms with E-state index in [4.69, 9.17) is 4.74 Å². The summed E-state index contributed by atoms with van der Waals surface area (Å²) in [5.41, 5.74) is -0.373. The Morgan fingerprint density at radius 3 is 1.73 bits per heavy atom. The number of hydrogen-bond donors (Lipinski definition) is 0. The van der Waals surface area contributed by atoms with Crippen LogP contribution < -0.4 is 4.74 Å². The van der Waals surface area contributed by atoms with Gasteiger partial charge in [-0.2, -0.15) is 0 Å². The molecule has 1 saturated carbocycles. The van der Waals surface area contributed by atoms with E-state index in [2.05, 4.69) is 0 Å². The fraction of sp³-hybridized carbons (Fsp3) is 0.280. The molecule has 0 spiro atoms. The Balaban J connectivity index is 1.75. The molecule has 4 rings (SSSR count). The second-order valence-electron chi connectivity index (χ2n) is 7.92. The molecule has 0 N–H and O–H groups in total. The van der Waals surface area contributed by atoms with Crippen LogP contribution in [0, 0.1) is 17.5 Å².